The van der Waals surface area contributed by atoms with Gasteiger partial charge in [-0.15, -0.1) is 0 Å². The number of benzene rings is 1. The minimum absolute atomic E-state index is 0.301. The zero-order valence-corrected chi connectivity index (χ0v) is 11.5. The van der Waals surface area contributed by atoms with Crippen molar-refractivity contribution in [2.24, 2.45) is 0 Å². The molecule has 0 saturated carbocycles. The van der Waals surface area contributed by atoms with Crippen LogP contribution in [0, 0.1) is 17.5 Å². The average molecular weight is 295 g/mol. The summed E-state index contributed by atoms with van der Waals surface area (Å²) < 4.78 is 41.5. The van der Waals surface area contributed by atoms with E-state index >= 15 is 0 Å². The van der Waals surface area contributed by atoms with Crippen molar-refractivity contribution in [2.75, 3.05) is 6.54 Å². The van der Waals surface area contributed by atoms with Gasteiger partial charge in [0.25, 0.3) is 0 Å². The predicted molar refractivity (Wildman–Crippen MR) is 72.0 cm³/mol. The van der Waals surface area contributed by atoms with E-state index in [1.54, 1.807) is 12.5 Å². The van der Waals surface area contributed by atoms with Crippen molar-refractivity contribution >= 4 is 0 Å². The lowest BCUT2D eigenvalue weighted by atomic mass is 10.1. The largest absolute Gasteiger partial charge is 0.336 e. The summed E-state index contributed by atoms with van der Waals surface area (Å²) in [5.41, 5.74) is 0.462. The van der Waals surface area contributed by atoms with Crippen molar-refractivity contribution < 1.29 is 13.2 Å². The van der Waals surface area contributed by atoms with Gasteiger partial charge in [-0.25, -0.2) is 18.2 Å². The molecular weight excluding hydrogens is 279 g/mol. The van der Waals surface area contributed by atoms with E-state index in [1.165, 1.54) is 0 Å². The topological polar surface area (TPSA) is 21.1 Å². The van der Waals surface area contributed by atoms with Crippen LogP contribution in [0.25, 0.3) is 0 Å². The molecule has 0 bridgehead atoms. The summed E-state index contributed by atoms with van der Waals surface area (Å²) in [4.78, 5) is 6.18. The molecule has 2 heterocycles. The van der Waals surface area contributed by atoms with Gasteiger partial charge in [0.2, 0.25) is 0 Å². The average Bonchev–Trinajstić information content (AvgIpc) is 3.09. The molecule has 0 radical (unpaired) electrons. The minimum Gasteiger partial charge on any atom is -0.336 e. The van der Waals surface area contributed by atoms with E-state index in [0.717, 1.165) is 38.1 Å². The number of imidazole rings is 1. The van der Waals surface area contributed by atoms with E-state index in [2.05, 4.69) is 9.88 Å². The SMILES string of the molecule is Fc1cc(CN2CCC[C@@H]2Cn2ccnc2)cc(F)c1F. The summed E-state index contributed by atoms with van der Waals surface area (Å²) in [6.45, 7) is 2.10. The summed E-state index contributed by atoms with van der Waals surface area (Å²) in [6, 6.07) is 2.45. The van der Waals surface area contributed by atoms with Crippen LogP contribution in [0.2, 0.25) is 0 Å². The van der Waals surface area contributed by atoms with Crippen LogP contribution < -0.4 is 0 Å². The smallest absolute Gasteiger partial charge is 0.194 e. The van der Waals surface area contributed by atoms with Gasteiger partial charge in [0.05, 0.1) is 6.33 Å². The maximum atomic E-state index is 13.3. The quantitative estimate of drug-likeness (QED) is 0.809. The molecule has 0 N–H and O–H groups in total. The maximum Gasteiger partial charge on any atom is 0.194 e. The summed E-state index contributed by atoms with van der Waals surface area (Å²) in [5.74, 6) is -3.67. The third kappa shape index (κ3) is 3.10. The molecule has 3 rings (SSSR count). The van der Waals surface area contributed by atoms with Gasteiger partial charge in [-0.3, -0.25) is 4.90 Å². The van der Waals surface area contributed by atoms with Crippen LogP contribution in [0.5, 0.6) is 0 Å². The van der Waals surface area contributed by atoms with E-state index < -0.39 is 17.5 Å². The molecule has 2 aromatic rings. The van der Waals surface area contributed by atoms with Gasteiger partial charge in [0, 0.05) is 31.5 Å². The Labute approximate surface area is 121 Å². The molecule has 1 fully saturated rings. The van der Waals surface area contributed by atoms with Crippen LogP contribution >= 0.6 is 0 Å². The second-order valence-corrected chi connectivity index (χ2v) is 5.40. The van der Waals surface area contributed by atoms with E-state index in [0.29, 0.717) is 18.2 Å². The fourth-order valence-corrected chi connectivity index (χ4v) is 2.88. The lowest BCUT2D eigenvalue weighted by molar-refractivity contribution is 0.223. The monoisotopic (exact) mass is 295 g/mol. The Bertz CT molecular complexity index is 590. The van der Waals surface area contributed by atoms with Crippen LogP contribution in [0.1, 0.15) is 18.4 Å². The Hall–Kier alpha value is -1.82. The molecular formula is C15H16F3N3. The highest BCUT2D eigenvalue weighted by Gasteiger charge is 2.25. The summed E-state index contributed by atoms with van der Waals surface area (Å²) >= 11 is 0. The molecule has 112 valence electrons. The molecule has 0 spiro atoms. The van der Waals surface area contributed by atoms with Gasteiger partial charge in [0.1, 0.15) is 0 Å². The van der Waals surface area contributed by atoms with Crippen LogP contribution in [-0.2, 0) is 13.1 Å². The summed E-state index contributed by atoms with van der Waals surface area (Å²) in [6.07, 6.45) is 7.46. The molecule has 1 saturated heterocycles. The fraction of sp³-hybridized carbons (Fsp3) is 0.400. The second-order valence-electron chi connectivity index (χ2n) is 5.40. The van der Waals surface area contributed by atoms with Crippen LogP contribution in [0.3, 0.4) is 0 Å². The lowest BCUT2D eigenvalue weighted by Gasteiger charge is -2.24. The second kappa shape index (κ2) is 5.89. The van der Waals surface area contributed by atoms with Gasteiger partial charge in [-0.05, 0) is 37.1 Å². The number of rotatable bonds is 4. The fourth-order valence-electron chi connectivity index (χ4n) is 2.88. The number of hydrogen-bond donors (Lipinski definition) is 0. The maximum absolute atomic E-state index is 13.3. The molecule has 1 aliphatic rings. The van der Waals surface area contributed by atoms with Crippen LogP contribution in [0.4, 0.5) is 13.2 Å². The third-order valence-electron chi connectivity index (χ3n) is 3.91. The van der Waals surface area contributed by atoms with Crippen LogP contribution in [-0.4, -0.2) is 27.0 Å². The molecule has 0 amide bonds. The van der Waals surface area contributed by atoms with Crippen LogP contribution in [0.15, 0.2) is 30.9 Å². The van der Waals surface area contributed by atoms with Gasteiger partial charge in [-0.2, -0.15) is 0 Å². The summed E-state index contributed by atoms with van der Waals surface area (Å²) in [7, 11) is 0. The highest BCUT2D eigenvalue weighted by molar-refractivity contribution is 5.19. The van der Waals surface area contributed by atoms with Gasteiger partial charge < -0.3 is 4.57 Å². The molecule has 0 unspecified atom stereocenters. The Morgan fingerprint density at radius 1 is 1.19 bits per heavy atom. The van der Waals surface area contributed by atoms with E-state index in [9.17, 15) is 13.2 Å². The van der Waals surface area contributed by atoms with Gasteiger partial charge >= 0.3 is 0 Å². The lowest BCUT2D eigenvalue weighted by Crippen LogP contribution is -2.32. The number of aromatic nitrogens is 2. The number of nitrogens with zero attached hydrogens (tertiary/aromatic N) is 3. The van der Waals surface area contributed by atoms with Crippen molar-refractivity contribution in [3.63, 3.8) is 0 Å². The highest BCUT2D eigenvalue weighted by atomic mass is 19.2. The number of hydrogen-bond acceptors (Lipinski definition) is 2. The zero-order chi connectivity index (χ0) is 14.8. The molecule has 1 atom stereocenters. The Balaban J connectivity index is 1.71. The van der Waals surface area contributed by atoms with Crippen molar-refractivity contribution in [1.29, 1.82) is 0 Å². The van der Waals surface area contributed by atoms with Crippen molar-refractivity contribution in [3.05, 3.63) is 53.9 Å². The van der Waals surface area contributed by atoms with E-state index in [1.807, 2.05) is 10.8 Å². The zero-order valence-electron chi connectivity index (χ0n) is 11.5. The molecule has 0 aliphatic carbocycles. The summed E-state index contributed by atoms with van der Waals surface area (Å²) in [5, 5.41) is 0. The first-order chi connectivity index (χ1) is 10.1. The Morgan fingerprint density at radius 3 is 2.62 bits per heavy atom. The first kappa shape index (κ1) is 14.1. The first-order valence-electron chi connectivity index (χ1n) is 6.96. The molecule has 3 nitrogen and oxygen atoms in total. The molecule has 6 heteroatoms. The Morgan fingerprint density at radius 2 is 1.95 bits per heavy atom. The van der Waals surface area contributed by atoms with Gasteiger partial charge in [-0.1, -0.05) is 0 Å². The van der Waals surface area contributed by atoms with E-state index in [4.69, 9.17) is 0 Å². The standard InChI is InChI=1S/C15H16F3N3/c16-13-6-11(7-14(17)15(13)18)8-21-4-1-2-12(21)9-20-5-3-19-10-20/h3,5-7,10,12H,1-2,4,8-9H2/t12-/m1/s1. The predicted octanol–water partition coefficient (Wildman–Crippen LogP) is 2.97. The van der Waals surface area contributed by atoms with Crippen molar-refractivity contribution in [1.82, 2.24) is 14.5 Å². The number of likely N-dealkylation sites (tertiary alicyclic amines) is 1. The minimum atomic E-state index is -1.41. The first-order valence-corrected chi connectivity index (χ1v) is 6.96. The molecule has 1 aromatic carbocycles. The Kier molecular flexibility index (Phi) is 3.96. The molecule has 1 aromatic heterocycles. The van der Waals surface area contributed by atoms with E-state index in [-0.39, 0.29) is 0 Å². The van der Waals surface area contributed by atoms with Crippen molar-refractivity contribution in [3.8, 4) is 0 Å². The van der Waals surface area contributed by atoms with Gasteiger partial charge in [0.15, 0.2) is 17.5 Å². The molecule has 21 heavy (non-hydrogen) atoms. The highest BCUT2D eigenvalue weighted by Crippen LogP contribution is 2.23. The number of halogens is 3. The molecule has 1 aliphatic heterocycles. The van der Waals surface area contributed by atoms with Crippen molar-refractivity contribution in [2.45, 2.75) is 32.0 Å². The normalized spacial score (nSPS) is 19.3. The third-order valence-corrected chi connectivity index (χ3v) is 3.91.